The number of ether oxygens (including phenoxy) is 1. The molecular formula is C13H20O2. The predicted octanol–water partition coefficient (Wildman–Crippen LogP) is 2.76. The monoisotopic (exact) mass is 208 g/mol. The molecule has 0 amide bonds. The van der Waals surface area contributed by atoms with E-state index in [0.29, 0.717) is 11.8 Å². The highest BCUT2D eigenvalue weighted by atomic mass is 16.5. The van der Waals surface area contributed by atoms with E-state index in [2.05, 4.69) is 20.8 Å². The minimum Gasteiger partial charge on any atom is -0.462 e. The second-order valence-corrected chi connectivity index (χ2v) is 6.53. The van der Waals surface area contributed by atoms with Crippen molar-refractivity contribution in [1.29, 1.82) is 0 Å². The van der Waals surface area contributed by atoms with Crippen LogP contribution in [0, 0.1) is 22.7 Å². The third-order valence-electron chi connectivity index (χ3n) is 5.64. The van der Waals surface area contributed by atoms with Gasteiger partial charge >= 0.3 is 5.97 Å². The summed E-state index contributed by atoms with van der Waals surface area (Å²) in [6, 6.07) is 0. The van der Waals surface area contributed by atoms with Gasteiger partial charge in [-0.05, 0) is 36.5 Å². The van der Waals surface area contributed by atoms with Gasteiger partial charge in [0.25, 0.3) is 0 Å². The van der Waals surface area contributed by atoms with Crippen molar-refractivity contribution >= 4 is 5.97 Å². The zero-order valence-electron chi connectivity index (χ0n) is 9.88. The molecule has 2 heteroatoms. The van der Waals surface area contributed by atoms with E-state index >= 15 is 0 Å². The maximum absolute atomic E-state index is 11.3. The van der Waals surface area contributed by atoms with Crippen LogP contribution in [0.25, 0.3) is 0 Å². The van der Waals surface area contributed by atoms with Crippen LogP contribution in [0.5, 0.6) is 0 Å². The molecule has 1 unspecified atom stereocenters. The summed E-state index contributed by atoms with van der Waals surface area (Å²) in [6.07, 6.45) is 4.35. The molecule has 2 nitrogen and oxygen atoms in total. The molecule has 0 aromatic heterocycles. The lowest BCUT2D eigenvalue weighted by molar-refractivity contribution is -0.237. The van der Waals surface area contributed by atoms with Gasteiger partial charge in [-0.1, -0.05) is 20.8 Å². The minimum absolute atomic E-state index is 0.0246. The van der Waals surface area contributed by atoms with Gasteiger partial charge in [0.2, 0.25) is 0 Å². The number of carbonyl (C=O) groups excluding carboxylic acids is 1. The summed E-state index contributed by atoms with van der Waals surface area (Å²) >= 11 is 0. The van der Waals surface area contributed by atoms with Gasteiger partial charge in [0.15, 0.2) is 0 Å². The molecule has 0 N–H and O–H groups in total. The van der Waals surface area contributed by atoms with Crippen molar-refractivity contribution in [2.75, 3.05) is 0 Å². The fourth-order valence-electron chi connectivity index (χ4n) is 4.39. The molecule has 1 saturated heterocycles. The molecular weight excluding hydrogens is 188 g/mol. The summed E-state index contributed by atoms with van der Waals surface area (Å²) in [5.74, 6) is 1.57. The van der Waals surface area contributed by atoms with Crippen LogP contribution < -0.4 is 0 Å². The molecule has 3 saturated carbocycles. The van der Waals surface area contributed by atoms with Crippen LogP contribution >= 0.6 is 0 Å². The van der Waals surface area contributed by atoms with Crippen LogP contribution in [-0.2, 0) is 9.53 Å². The van der Waals surface area contributed by atoms with Crippen LogP contribution in [0.1, 0.15) is 46.5 Å². The molecule has 2 bridgehead atoms. The van der Waals surface area contributed by atoms with E-state index < -0.39 is 0 Å². The molecule has 3 aliphatic carbocycles. The third kappa shape index (κ3) is 1.03. The van der Waals surface area contributed by atoms with Crippen molar-refractivity contribution in [3.63, 3.8) is 0 Å². The van der Waals surface area contributed by atoms with Gasteiger partial charge in [0, 0.05) is 11.8 Å². The molecule has 4 atom stereocenters. The predicted molar refractivity (Wildman–Crippen MR) is 57.2 cm³/mol. The Bertz CT molecular complexity index is 320. The molecule has 4 fully saturated rings. The SMILES string of the molecule is CC1(C)[C@H]2CC3OC(=O)CC[C@]3(C)[C@@H]1C2. The molecule has 1 aliphatic heterocycles. The summed E-state index contributed by atoms with van der Waals surface area (Å²) in [4.78, 5) is 11.3. The number of hydrogen-bond acceptors (Lipinski definition) is 2. The molecule has 0 aromatic carbocycles. The molecule has 0 aromatic rings. The number of rotatable bonds is 0. The summed E-state index contributed by atoms with van der Waals surface area (Å²) < 4.78 is 5.55. The Labute approximate surface area is 91.4 Å². The first-order chi connectivity index (χ1) is 6.94. The maximum atomic E-state index is 11.3. The van der Waals surface area contributed by atoms with E-state index in [1.165, 1.54) is 6.42 Å². The average Bonchev–Trinajstić information content (AvgIpc) is 2.17. The molecule has 1 heterocycles. The zero-order valence-corrected chi connectivity index (χ0v) is 9.88. The Kier molecular flexibility index (Phi) is 1.67. The van der Waals surface area contributed by atoms with E-state index in [-0.39, 0.29) is 17.5 Å². The lowest BCUT2D eigenvalue weighted by Crippen LogP contribution is -2.64. The smallest absolute Gasteiger partial charge is 0.306 e. The number of carbonyl (C=O) groups is 1. The third-order valence-corrected chi connectivity index (χ3v) is 5.64. The van der Waals surface area contributed by atoms with Crippen LogP contribution in [0.3, 0.4) is 0 Å². The average molecular weight is 208 g/mol. The highest BCUT2D eigenvalue weighted by Crippen LogP contribution is 2.68. The van der Waals surface area contributed by atoms with Gasteiger partial charge in [0.1, 0.15) is 6.10 Å². The van der Waals surface area contributed by atoms with Crippen LogP contribution in [0.15, 0.2) is 0 Å². The van der Waals surface area contributed by atoms with E-state index in [9.17, 15) is 4.79 Å². The standard InChI is InChI=1S/C13H20O2/c1-12(2)8-6-9(12)13(3)5-4-11(14)15-10(13)7-8/h8-10H,4-7H2,1-3H3/t8-,9-,10?,13-/m1/s1. The van der Waals surface area contributed by atoms with Crippen LogP contribution in [-0.4, -0.2) is 12.1 Å². The summed E-state index contributed by atoms with van der Waals surface area (Å²) in [5.41, 5.74) is 0.751. The highest BCUT2D eigenvalue weighted by molar-refractivity contribution is 5.70. The van der Waals surface area contributed by atoms with Gasteiger partial charge in [-0.15, -0.1) is 0 Å². The molecule has 15 heavy (non-hydrogen) atoms. The summed E-state index contributed by atoms with van der Waals surface area (Å²) in [6.45, 7) is 7.12. The van der Waals surface area contributed by atoms with E-state index in [4.69, 9.17) is 4.74 Å². The Morgan fingerprint density at radius 1 is 1.27 bits per heavy atom. The van der Waals surface area contributed by atoms with Crippen molar-refractivity contribution in [3.05, 3.63) is 0 Å². The first kappa shape index (κ1) is 9.68. The minimum atomic E-state index is 0.0246. The van der Waals surface area contributed by atoms with Crippen molar-refractivity contribution in [2.24, 2.45) is 22.7 Å². The quantitative estimate of drug-likeness (QED) is 0.572. The second-order valence-electron chi connectivity index (χ2n) is 6.53. The summed E-state index contributed by atoms with van der Waals surface area (Å²) in [7, 11) is 0. The Balaban J connectivity index is 1.92. The zero-order chi connectivity index (χ0) is 10.8. The van der Waals surface area contributed by atoms with Gasteiger partial charge < -0.3 is 4.74 Å². The largest absolute Gasteiger partial charge is 0.462 e. The second kappa shape index (κ2) is 2.58. The van der Waals surface area contributed by atoms with E-state index in [0.717, 1.165) is 24.7 Å². The van der Waals surface area contributed by atoms with Crippen molar-refractivity contribution in [2.45, 2.75) is 52.6 Å². The van der Waals surface area contributed by atoms with Gasteiger partial charge in [0.05, 0.1) is 0 Å². The fourth-order valence-corrected chi connectivity index (χ4v) is 4.39. The van der Waals surface area contributed by atoms with Crippen LogP contribution in [0.2, 0.25) is 0 Å². The number of esters is 1. The van der Waals surface area contributed by atoms with Gasteiger partial charge in [-0.25, -0.2) is 0 Å². The first-order valence-corrected chi connectivity index (χ1v) is 6.14. The topological polar surface area (TPSA) is 26.3 Å². The molecule has 0 radical (unpaired) electrons. The van der Waals surface area contributed by atoms with Crippen molar-refractivity contribution in [1.82, 2.24) is 0 Å². The number of hydrogen-bond donors (Lipinski definition) is 0. The van der Waals surface area contributed by atoms with Gasteiger partial charge in [-0.3, -0.25) is 4.79 Å². The maximum Gasteiger partial charge on any atom is 0.306 e. The van der Waals surface area contributed by atoms with E-state index in [1.807, 2.05) is 0 Å². The molecule has 0 spiro atoms. The Morgan fingerprint density at radius 3 is 2.67 bits per heavy atom. The molecule has 4 aliphatic rings. The normalized spacial score (nSPS) is 51.4. The molecule has 84 valence electrons. The summed E-state index contributed by atoms with van der Waals surface area (Å²) in [5, 5.41) is 0. The Morgan fingerprint density at radius 2 is 2.00 bits per heavy atom. The first-order valence-electron chi connectivity index (χ1n) is 6.14. The van der Waals surface area contributed by atoms with Crippen LogP contribution in [0.4, 0.5) is 0 Å². The Hall–Kier alpha value is -0.530. The van der Waals surface area contributed by atoms with Crippen molar-refractivity contribution < 1.29 is 9.53 Å². The lowest BCUT2D eigenvalue weighted by Gasteiger charge is -2.67. The highest BCUT2D eigenvalue weighted by Gasteiger charge is 2.64. The van der Waals surface area contributed by atoms with Crippen molar-refractivity contribution in [3.8, 4) is 0 Å². The molecule has 4 rings (SSSR count). The lowest BCUT2D eigenvalue weighted by atomic mass is 9.39. The van der Waals surface area contributed by atoms with Gasteiger partial charge in [-0.2, -0.15) is 0 Å². The fraction of sp³-hybridized carbons (Fsp3) is 0.923. The van der Waals surface area contributed by atoms with E-state index in [1.54, 1.807) is 0 Å².